The largest absolute Gasteiger partial charge is 0.390 e. The maximum Gasteiger partial charge on any atom is 0.0806 e. The molecule has 2 aromatic rings. The highest BCUT2D eigenvalue weighted by molar-refractivity contribution is 7.99. The van der Waals surface area contributed by atoms with E-state index in [0.717, 1.165) is 5.69 Å². The molecule has 2 rings (SSSR count). The van der Waals surface area contributed by atoms with Crippen molar-refractivity contribution in [1.29, 1.82) is 0 Å². The fraction of sp³-hybridized carbons (Fsp3) is 0.333. The number of hydrogen-bond acceptors (Lipinski definition) is 3. The number of benzene rings is 2. The maximum atomic E-state index is 10.0. The minimum atomic E-state index is -0.361. The summed E-state index contributed by atoms with van der Waals surface area (Å²) < 4.78 is 0. The Kier molecular flexibility index (Phi) is 6.15. The van der Waals surface area contributed by atoms with Crippen LogP contribution < -0.4 is 5.32 Å². The third-order valence-electron chi connectivity index (χ3n) is 3.30. The number of thioether (sulfide) groups is 1. The van der Waals surface area contributed by atoms with E-state index in [4.69, 9.17) is 0 Å². The molecular formula is C18H23NOS. The van der Waals surface area contributed by atoms with Gasteiger partial charge < -0.3 is 10.4 Å². The zero-order chi connectivity index (χ0) is 15.1. The Morgan fingerprint density at radius 1 is 1.00 bits per heavy atom. The molecule has 2 aromatic carbocycles. The van der Waals surface area contributed by atoms with Crippen LogP contribution in [-0.4, -0.2) is 23.5 Å². The van der Waals surface area contributed by atoms with Gasteiger partial charge in [-0.15, -0.1) is 11.8 Å². The van der Waals surface area contributed by atoms with Crippen molar-refractivity contribution in [3.8, 4) is 0 Å². The van der Waals surface area contributed by atoms with Crippen LogP contribution in [0.4, 0.5) is 5.69 Å². The van der Waals surface area contributed by atoms with E-state index in [-0.39, 0.29) is 6.10 Å². The van der Waals surface area contributed by atoms with E-state index in [2.05, 4.69) is 55.6 Å². The van der Waals surface area contributed by atoms with Gasteiger partial charge in [0.25, 0.3) is 0 Å². The quantitative estimate of drug-likeness (QED) is 0.745. The van der Waals surface area contributed by atoms with Crippen molar-refractivity contribution in [3.05, 3.63) is 60.2 Å². The summed E-state index contributed by atoms with van der Waals surface area (Å²) in [7, 11) is 0. The molecule has 2 nitrogen and oxygen atoms in total. The van der Waals surface area contributed by atoms with Crippen LogP contribution in [0.15, 0.2) is 59.5 Å². The van der Waals surface area contributed by atoms with Gasteiger partial charge in [0.15, 0.2) is 0 Å². The topological polar surface area (TPSA) is 32.3 Å². The molecule has 0 spiro atoms. The maximum absolute atomic E-state index is 10.0. The monoisotopic (exact) mass is 301 g/mol. The number of aliphatic hydroxyl groups excluding tert-OH is 1. The first-order valence-electron chi connectivity index (χ1n) is 7.35. The van der Waals surface area contributed by atoms with Crippen LogP contribution >= 0.6 is 11.8 Å². The molecule has 0 aliphatic carbocycles. The summed E-state index contributed by atoms with van der Waals surface area (Å²) in [4.78, 5) is 1.19. The SMILES string of the molecule is CC(C)c1ccc(NC[C@@H](O)CSc2ccccc2)cc1. The third kappa shape index (κ3) is 5.44. The summed E-state index contributed by atoms with van der Waals surface area (Å²) in [5.41, 5.74) is 2.39. The van der Waals surface area contributed by atoms with Crippen LogP contribution in [0, 0.1) is 0 Å². The molecule has 0 unspecified atom stereocenters. The Morgan fingerprint density at radius 3 is 2.29 bits per heavy atom. The zero-order valence-electron chi connectivity index (χ0n) is 12.6. The van der Waals surface area contributed by atoms with Crippen molar-refractivity contribution >= 4 is 17.4 Å². The van der Waals surface area contributed by atoms with Gasteiger partial charge in [-0.05, 0) is 35.7 Å². The lowest BCUT2D eigenvalue weighted by molar-refractivity contribution is 0.213. The number of rotatable bonds is 7. The summed E-state index contributed by atoms with van der Waals surface area (Å²) in [6.07, 6.45) is -0.361. The van der Waals surface area contributed by atoms with Crippen LogP contribution in [0.2, 0.25) is 0 Å². The molecule has 1 atom stereocenters. The van der Waals surface area contributed by atoms with E-state index in [9.17, 15) is 5.11 Å². The Hall–Kier alpha value is -1.45. The van der Waals surface area contributed by atoms with Crippen LogP contribution in [0.5, 0.6) is 0 Å². The van der Waals surface area contributed by atoms with Crippen LogP contribution in [-0.2, 0) is 0 Å². The summed E-state index contributed by atoms with van der Waals surface area (Å²) in [5, 5.41) is 13.3. The lowest BCUT2D eigenvalue weighted by atomic mass is 10.0. The Bertz CT molecular complexity index is 525. The molecule has 0 saturated heterocycles. The van der Waals surface area contributed by atoms with Crippen molar-refractivity contribution < 1.29 is 5.11 Å². The Balaban J connectivity index is 1.74. The van der Waals surface area contributed by atoms with Gasteiger partial charge in [-0.3, -0.25) is 0 Å². The minimum Gasteiger partial charge on any atom is -0.390 e. The van der Waals surface area contributed by atoms with Crippen molar-refractivity contribution in [2.24, 2.45) is 0 Å². The molecule has 0 aromatic heterocycles. The van der Waals surface area contributed by atoms with E-state index in [1.54, 1.807) is 11.8 Å². The minimum absolute atomic E-state index is 0.361. The van der Waals surface area contributed by atoms with Crippen molar-refractivity contribution in [3.63, 3.8) is 0 Å². The summed E-state index contributed by atoms with van der Waals surface area (Å²) >= 11 is 1.68. The molecule has 0 radical (unpaired) electrons. The fourth-order valence-electron chi connectivity index (χ4n) is 1.99. The smallest absolute Gasteiger partial charge is 0.0806 e. The molecule has 3 heteroatoms. The normalized spacial score (nSPS) is 12.4. The fourth-order valence-corrected chi connectivity index (χ4v) is 2.84. The molecule has 0 fully saturated rings. The summed E-state index contributed by atoms with van der Waals surface area (Å²) in [6.45, 7) is 4.95. The molecule has 0 heterocycles. The predicted octanol–water partition coefficient (Wildman–Crippen LogP) is 4.38. The van der Waals surface area contributed by atoms with E-state index >= 15 is 0 Å². The first kappa shape index (κ1) is 15.9. The number of hydrogen-bond donors (Lipinski definition) is 2. The number of anilines is 1. The second-order valence-electron chi connectivity index (χ2n) is 5.44. The van der Waals surface area contributed by atoms with E-state index in [1.807, 2.05) is 18.2 Å². The Morgan fingerprint density at radius 2 is 1.67 bits per heavy atom. The first-order valence-corrected chi connectivity index (χ1v) is 8.33. The molecule has 0 bridgehead atoms. The molecule has 0 saturated carbocycles. The van der Waals surface area contributed by atoms with Gasteiger partial charge in [0.05, 0.1) is 6.10 Å². The van der Waals surface area contributed by atoms with Gasteiger partial charge in [-0.1, -0.05) is 44.2 Å². The average molecular weight is 301 g/mol. The molecule has 0 aliphatic rings. The summed E-state index contributed by atoms with van der Waals surface area (Å²) in [6, 6.07) is 18.6. The number of aliphatic hydroxyl groups is 1. The third-order valence-corrected chi connectivity index (χ3v) is 4.46. The highest BCUT2D eigenvalue weighted by atomic mass is 32.2. The van der Waals surface area contributed by atoms with Gasteiger partial charge in [-0.2, -0.15) is 0 Å². The summed E-state index contributed by atoms with van der Waals surface area (Å²) in [5.74, 6) is 1.24. The zero-order valence-corrected chi connectivity index (χ0v) is 13.4. The molecule has 2 N–H and O–H groups in total. The predicted molar refractivity (Wildman–Crippen MR) is 92.2 cm³/mol. The van der Waals surface area contributed by atoms with Crippen LogP contribution in [0.3, 0.4) is 0 Å². The lowest BCUT2D eigenvalue weighted by Gasteiger charge is -2.13. The highest BCUT2D eigenvalue weighted by Crippen LogP contribution is 2.19. The van der Waals surface area contributed by atoms with Gasteiger partial charge >= 0.3 is 0 Å². The van der Waals surface area contributed by atoms with E-state index < -0.39 is 0 Å². The van der Waals surface area contributed by atoms with Gasteiger partial charge in [0.2, 0.25) is 0 Å². The number of nitrogens with one attached hydrogen (secondary N) is 1. The molecule has 0 aliphatic heterocycles. The van der Waals surface area contributed by atoms with Gasteiger partial charge in [0, 0.05) is 22.9 Å². The lowest BCUT2D eigenvalue weighted by Crippen LogP contribution is -2.21. The molecule has 112 valence electrons. The van der Waals surface area contributed by atoms with Gasteiger partial charge in [-0.25, -0.2) is 0 Å². The second-order valence-corrected chi connectivity index (χ2v) is 6.53. The average Bonchev–Trinajstić information content (AvgIpc) is 2.52. The molecular weight excluding hydrogens is 278 g/mol. The van der Waals surface area contributed by atoms with Gasteiger partial charge in [0.1, 0.15) is 0 Å². The first-order chi connectivity index (χ1) is 10.1. The molecule has 21 heavy (non-hydrogen) atoms. The van der Waals surface area contributed by atoms with Crippen molar-refractivity contribution in [1.82, 2.24) is 0 Å². The van der Waals surface area contributed by atoms with Crippen LogP contribution in [0.1, 0.15) is 25.3 Å². The van der Waals surface area contributed by atoms with Crippen LogP contribution in [0.25, 0.3) is 0 Å². The van der Waals surface area contributed by atoms with Crippen molar-refractivity contribution in [2.75, 3.05) is 17.6 Å². The second kappa shape index (κ2) is 8.11. The standard InChI is InChI=1S/C18H23NOS/c1-14(2)15-8-10-16(11-9-15)19-12-17(20)13-21-18-6-4-3-5-7-18/h3-11,14,17,19-20H,12-13H2,1-2H3/t17-/m1/s1. The molecule has 0 amide bonds. The van der Waals surface area contributed by atoms with E-state index in [0.29, 0.717) is 18.2 Å². The van der Waals surface area contributed by atoms with E-state index in [1.165, 1.54) is 10.5 Å². The Labute approximate surface area is 131 Å². The van der Waals surface area contributed by atoms with Crippen molar-refractivity contribution in [2.45, 2.75) is 30.8 Å². The highest BCUT2D eigenvalue weighted by Gasteiger charge is 2.05.